The van der Waals surface area contributed by atoms with E-state index < -0.39 is 10.0 Å². The minimum atomic E-state index is -3.51. The first-order chi connectivity index (χ1) is 7.99. The number of alkyl halides is 1. The third-order valence-corrected chi connectivity index (χ3v) is 4.27. The van der Waals surface area contributed by atoms with Crippen LogP contribution in [-0.2, 0) is 15.4 Å². The van der Waals surface area contributed by atoms with E-state index in [1.54, 1.807) is 31.2 Å². The van der Waals surface area contributed by atoms with Gasteiger partial charge in [0.15, 0.2) is 0 Å². The van der Waals surface area contributed by atoms with Crippen molar-refractivity contribution in [3.05, 3.63) is 29.8 Å². The molecule has 0 aliphatic rings. The van der Waals surface area contributed by atoms with Crippen LogP contribution >= 0.6 is 15.9 Å². The van der Waals surface area contributed by atoms with E-state index in [1.807, 2.05) is 6.07 Å². The van der Waals surface area contributed by atoms with Crippen LogP contribution in [0.5, 0.6) is 0 Å². The maximum atomic E-state index is 11.8. The van der Waals surface area contributed by atoms with E-state index in [-0.39, 0.29) is 17.4 Å². The summed E-state index contributed by atoms with van der Waals surface area (Å²) in [4.78, 5) is 0.215. The molecule has 1 N–H and O–H groups in total. The van der Waals surface area contributed by atoms with Crippen LogP contribution in [0, 0.1) is 17.2 Å². The summed E-state index contributed by atoms with van der Waals surface area (Å²) in [6.07, 6.45) is 0. The molecule has 0 fully saturated rings. The van der Waals surface area contributed by atoms with E-state index in [9.17, 15) is 8.42 Å². The van der Waals surface area contributed by atoms with Crippen LogP contribution in [0.4, 0.5) is 0 Å². The van der Waals surface area contributed by atoms with Crippen LogP contribution in [-0.4, -0.2) is 15.0 Å². The van der Waals surface area contributed by atoms with Crippen molar-refractivity contribution in [1.29, 1.82) is 5.26 Å². The molecule has 17 heavy (non-hydrogen) atoms. The van der Waals surface area contributed by atoms with E-state index in [0.29, 0.717) is 5.33 Å². The number of nitrogens with one attached hydrogen (secondary N) is 1. The number of nitriles is 1. The molecule has 0 aliphatic heterocycles. The highest BCUT2D eigenvalue weighted by Gasteiger charge is 2.14. The lowest BCUT2D eigenvalue weighted by molar-refractivity contribution is 0.573. The molecule has 0 bridgehead atoms. The van der Waals surface area contributed by atoms with Crippen molar-refractivity contribution in [3.8, 4) is 6.07 Å². The summed E-state index contributed by atoms with van der Waals surface area (Å²) in [5.41, 5.74) is 1.01. The van der Waals surface area contributed by atoms with Gasteiger partial charge in [0.05, 0.1) is 16.9 Å². The largest absolute Gasteiger partial charge is 0.240 e. The molecule has 0 heterocycles. The van der Waals surface area contributed by atoms with Crippen molar-refractivity contribution in [3.63, 3.8) is 0 Å². The van der Waals surface area contributed by atoms with Gasteiger partial charge >= 0.3 is 0 Å². The highest BCUT2D eigenvalue weighted by atomic mass is 79.9. The molecule has 92 valence electrons. The van der Waals surface area contributed by atoms with E-state index in [4.69, 9.17) is 5.26 Å². The maximum Gasteiger partial charge on any atom is 0.240 e. The smallest absolute Gasteiger partial charge is 0.210 e. The molecule has 1 aromatic rings. The van der Waals surface area contributed by atoms with Gasteiger partial charge < -0.3 is 0 Å². The number of halogens is 1. The van der Waals surface area contributed by atoms with Gasteiger partial charge in [0.2, 0.25) is 10.0 Å². The molecule has 1 aromatic carbocycles. The fraction of sp³-hybridized carbons (Fsp3) is 0.364. The maximum absolute atomic E-state index is 11.8. The quantitative estimate of drug-likeness (QED) is 0.845. The molecule has 0 radical (unpaired) electrons. The first-order valence-corrected chi connectivity index (χ1v) is 7.64. The molecule has 0 aliphatic carbocycles. The summed E-state index contributed by atoms with van der Waals surface area (Å²) in [5.74, 6) is -0.341. The Bertz CT molecular complexity index is 505. The molecular formula is C11H13BrN2O2S. The van der Waals surface area contributed by atoms with E-state index in [0.717, 1.165) is 5.56 Å². The summed E-state index contributed by atoms with van der Waals surface area (Å²) >= 11 is 3.29. The average molecular weight is 317 g/mol. The number of sulfonamides is 1. The second-order valence-corrected chi connectivity index (χ2v) is 5.99. The van der Waals surface area contributed by atoms with Gasteiger partial charge in [0.25, 0.3) is 0 Å². The van der Waals surface area contributed by atoms with Crippen molar-refractivity contribution in [2.75, 3.05) is 6.54 Å². The summed E-state index contributed by atoms with van der Waals surface area (Å²) in [7, 11) is -3.51. The van der Waals surface area contributed by atoms with E-state index in [1.165, 1.54) is 0 Å². The molecule has 6 heteroatoms. The van der Waals surface area contributed by atoms with Crippen LogP contribution < -0.4 is 4.72 Å². The highest BCUT2D eigenvalue weighted by molar-refractivity contribution is 9.08. The van der Waals surface area contributed by atoms with Crippen molar-refractivity contribution >= 4 is 26.0 Å². The summed E-state index contributed by atoms with van der Waals surface area (Å²) < 4.78 is 26.0. The van der Waals surface area contributed by atoms with Crippen molar-refractivity contribution in [2.24, 2.45) is 5.92 Å². The Morgan fingerprint density at radius 2 is 2.00 bits per heavy atom. The number of hydrogen-bond acceptors (Lipinski definition) is 3. The van der Waals surface area contributed by atoms with Gasteiger partial charge in [0, 0.05) is 11.9 Å². The standard InChI is InChI=1S/C11H13BrN2O2S/c1-9(7-13)8-14-17(15,16)11-4-2-10(6-12)3-5-11/h2-5,9,14H,6,8H2,1H3. The zero-order chi connectivity index (χ0) is 12.9. The molecule has 1 rings (SSSR count). The van der Waals surface area contributed by atoms with Gasteiger partial charge in [0.1, 0.15) is 0 Å². The number of benzene rings is 1. The van der Waals surface area contributed by atoms with Gasteiger partial charge in [-0.05, 0) is 24.6 Å². The van der Waals surface area contributed by atoms with Gasteiger partial charge in [-0.2, -0.15) is 5.26 Å². The normalized spacial score (nSPS) is 13.0. The Morgan fingerprint density at radius 3 is 2.47 bits per heavy atom. The summed E-state index contributed by atoms with van der Waals surface area (Å²) in [6, 6.07) is 8.57. The lowest BCUT2D eigenvalue weighted by Crippen LogP contribution is -2.27. The van der Waals surface area contributed by atoms with Gasteiger partial charge in [-0.3, -0.25) is 0 Å². The zero-order valence-electron chi connectivity index (χ0n) is 9.35. The fourth-order valence-corrected chi connectivity index (χ4v) is 2.63. The molecule has 0 aromatic heterocycles. The Labute approximate surface area is 110 Å². The third-order valence-electron chi connectivity index (χ3n) is 2.19. The fourth-order valence-electron chi connectivity index (χ4n) is 1.12. The SMILES string of the molecule is CC(C#N)CNS(=O)(=O)c1ccc(CBr)cc1. The Kier molecular flexibility index (Phi) is 5.12. The van der Waals surface area contributed by atoms with Crippen LogP contribution in [0.3, 0.4) is 0 Å². The number of nitrogens with zero attached hydrogens (tertiary/aromatic N) is 1. The minimum absolute atomic E-state index is 0.124. The van der Waals surface area contributed by atoms with Crippen molar-refractivity contribution < 1.29 is 8.42 Å². The zero-order valence-corrected chi connectivity index (χ0v) is 11.8. The van der Waals surface area contributed by atoms with Crippen molar-refractivity contribution in [1.82, 2.24) is 4.72 Å². The van der Waals surface area contributed by atoms with E-state index in [2.05, 4.69) is 20.7 Å². The lowest BCUT2D eigenvalue weighted by Gasteiger charge is -2.07. The van der Waals surface area contributed by atoms with E-state index >= 15 is 0 Å². The molecule has 4 nitrogen and oxygen atoms in total. The molecule has 1 unspecified atom stereocenters. The summed E-state index contributed by atoms with van der Waals surface area (Å²) in [6.45, 7) is 1.79. The van der Waals surface area contributed by atoms with Crippen LogP contribution in [0.25, 0.3) is 0 Å². The Hall–Kier alpha value is -0.900. The van der Waals surface area contributed by atoms with Crippen LogP contribution in [0.1, 0.15) is 12.5 Å². The molecule has 0 saturated carbocycles. The molecular weight excluding hydrogens is 304 g/mol. The number of hydrogen-bond donors (Lipinski definition) is 1. The predicted molar refractivity (Wildman–Crippen MR) is 69.0 cm³/mol. The monoisotopic (exact) mass is 316 g/mol. The Morgan fingerprint density at radius 1 is 1.41 bits per heavy atom. The first-order valence-electron chi connectivity index (χ1n) is 5.04. The molecule has 0 amide bonds. The number of rotatable bonds is 5. The second kappa shape index (κ2) is 6.15. The average Bonchev–Trinajstić information content (AvgIpc) is 2.36. The van der Waals surface area contributed by atoms with Gasteiger partial charge in [-0.1, -0.05) is 28.1 Å². The molecule has 0 saturated heterocycles. The van der Waals surface area contributed by atoms with Crippen molar-refractivity contribution in [2.45, 2.75) is 17.1 Å². The minimum Gasteiger partial charge on any atom is -0.210 e. The predicted octanol–water partition coefficient (Wildman–Crippen LogP) is 2.02. The van der Waals surface area contributed by atoms with Gasteiger partial charge in [-0.15, -0.1) is 0 Å². The molecule has 0 spiro atoms. The van der Waals surface area contributed by atoms with Crippen LogP contribution in [0.15, 0.2) is 29.2 Å². The first kappa shape index (κ1) is 14.2. The van der Waals surface area contributed by atoms with Gasteiger partial charge in [-0.25, -0.2) is 13.1 Å². The topological polar surface area (TPSA) is 70.0 Å². The third kappa shape index (κ3) is 4.11. The highest BCUT2D eigenvalue weighted by Crippen LogP contribution is 2.12. The second-order valence-electron chi connectivity index (χ2n) is 3.66. The van der Waals surface area contributed by atoms with Crippen LogP contribution in [0.2, 0.25) is 0 Å². The summed E-state index contributed by atoms with van der Waals surface area (Å²) in [5, 5.41) is 9.27. The lowest BCUT2D eigenvalue weighted by atomic mass is 10.2. The Balaban J connectivity index is 2.79. The molecule has 1 atom stereocenters.